The standard InChI is InChI=1S/C17H20N6O2/c18-16(25)13-2-4-14(5-3-13)21-15(24)12-22-8-10-23(11-9-22)17-19-6-1-7-20-17/h1-7H,8-12H2,(H2,18,25)(H,21,24). The van der Waals surface area contributed by atoms with Crippen molar-refractivity contribution in [3.63, 3.8) is 0 Å². The van der Waals surface area contributed by atoms with Crippen molar-refractivity contribution in [1.29, 1.82) is 0 Å². The molecule has 3 rings (SSSR count). The molecule has 1 aromatic carbocycles. The zero-order valence-electron chi connectivity index (χ0n) is 13.8. The third-order valence-electron chi connectivity index (χ3n) is 4.03. The van der Waals surface area contributed by atoms with E-state index in [4.69, 9.17) is 5.73 Å². The normalized spacial score (nSPS) is 15.0. The number of rotatable bonds is 5. The third kappa shape index (κ3) is 4.51. The van der Waals surface area contributed by atoms with Crippen molar-refractivity contribution in [3.05, 3.63) is 48.3 Å². The van der Waals surface area contributed by atoms with Gasteiger partial charge in [0.05, 0.1) is 6.54 Å². The average Bonchev–Trinajstić information content (AvgIpc) is 2.63. The maximum Gasteiger partial charge on any atom is 0.248 e. The fourth-order valence-electron chi connectivity index (χ4n) is 2.68. The molecule has 2 heterocycles. The number of nitrogens with two attached hydrogens (primary N) is 1. The van der Waals surface area contributed by atoms with Gasteiger partial charge in [-0.05, 0) is 30.3 Å². The smallest absolute Gasteiger partial charge is 0.248 e. The molecular weight excluding hydrogens is 320 g/mol. The van der Waals surface area contributed by atoms with Gasteiger partial charge < -0.3 is 16.0 Å². The molecule has 0 atom stereocenters. The van der Waals surface area contributed by atoms with E-state index >= 15 is 0 Å². The first-order valence-electron chi connectivity index (χ1n) is 8.06. The minimum absolute atomic E-state index is 0.0868. The largest absolute Gasteiger partial charge is 0.366 e. The summed E-state index contributed by atoms with van der Waals surface area (Å²) in [6.45, 7) is 3.43. The highest BCUT2D eigenvalue weighted by atomic mass is 16.2. The Morgan fingerprint density at radius 2 is 1.68 bits per heavy atom. The number of nitrogens with one attached hydrogen (secondary N) is 1. The number of benzene rings is 1. The monoisotopic (exact) mass is 340 g/mol. The van der Waals surface area contributed by atoms with Crippen molar-refractivity contribution < 1.29 is 9.59 Å². The van der Waals surface area contributed by atoms with Gasteiger partial charge in [0.1, 0.15) is 0 Å². The SMILES string of the molecule is NC(=O)c1ccc(NC(=O)CN2CCN(c3ncccn3)CC2)cc1. The lowest BCUT2D eigenvalue weighted by molar-refractivity contribution is -0.117. The van der Waals surface area contributed by atoms with Crippen LogP contribution in [0, 0.1) is 0 Å². The summed E-state index contributed by atoms with van der Waals surface area (Å²) in [4.78, 5) is 35.9. The highest BCUT2D eigenvalue weighted by Gasteiger charge is 2.20. The van der Waals surface area contributed by atoms with Gasteiger partial charge in [0.25, 0.3) is 0 Å². The minimum atomic E-state index is -0.488. The van der Waals surface area contributed by atoms with Crippen LogP contribution in [0.5, 0.6) is 0 Å². The second kappa shape index (κ2) is 7.71. The van der Waals surface area contributed by atoms with Gasteiger partial charge in [0.15, 0.2) is 0 Å². The van der Waals surface area contributed by atoms with E-state index < -0.39 is 5.91 Å². The predicted octanol–water partition coefficient (Wildman–Crippen LogP) is 0.336. The van der Waals surface area contributed by atoms with E-state index in [2.05, 4.69) is 25.1 Å². The molecule has 0 unspecified atom stereocenters. The quantitative estimate of drug-likeness (QED) is 0.813. The van der Waals surface area contributed by atoms with Crippen LogP contribution >= 0.6 is 0 Å². The fraction of sp³-hybridized carbons (Fsp3) is 0.294. The van der Waals surface area contributed by atoms with Crippen molar-refractivity contribution in [3.8, 4) is 0 Å². The van der Waals surface area contributed by atoms with Gasteiger partial charge in [-0.25, -0.2) is 9.97 Å². The molecule has 1 fully saturated rings. The lowest BCUT2D eigenvalue weighted by atomic mass is 10.2. The molecule has 0 radical (unpaired) electrons. The predicted molar refractivity (Wildman–Crippen MR) is 94.3 cm³/mol. The number of hydrogen-bond acceptors (Lipinski definition) is 6. The summed E-state index contributed by atoms with van der Waals surface area (Å²) in [5.41, 5.74) is 6.26. The van der Waals surface area contributed by atoms with E-state index in [1.54, 1.807) is 42.7 Å². The molecule has 8 heteroatoms. The summed E-state index contributed by atoms with van der Waals surface area (Å²) in [6, 6.07) is 8.32. The summed E-state index contributed by atoms with van der Waals surface area (Å²) >= 11 is 0. The van der Waals surface area contributed by atoms with Crippen LogP contribution in [0.2, 0.25) is 0 Å². The van der Waals surface area contributed by atoms with Crippen LogP contribution in [0.3, 0.4) is 0 Å². The van der Waals surface area contributed by atoms with Crippen LogP contribution in [0.25, 0.3) is 0 Å². The van der Waals surface area contributed by atoms with Gasteiger partial charge in [0.2, 0.25) is 17.8 Å². The third-order valence-corrected chi connectivity index (χ3v) is 4.03. The average molecular weight is 340 g/mol. The first-order valence-corrected chi connectivity index (χ1v) is 8.06. The molecule has 2 aromatic rings. The van der Waals surface area contributed by atoms with Crippen LogP contribution in [-0.2, 0) is 4.79 Å². The van der Waals surface area contributed by atoms with Crippen LogP contribution in [0.15, 0.2) is 42.7 Å². The number of carbonyl (C=O) groups excluding carboxylic acids is 2. The first kappa shape index (κ1) is 16.8. The highest BCUT2D eigenvalue weighted by molar-refractivity contribution is 5.95. The Kier molecular flexibility index (Phi) is 5.20. The van der Waals surface area contributed by atoms with Gasteiger partial charge in [-0.15, -0.1) is 0 Å². The molecule has 0 aliphatic carbocycles. The second-order valence-electron chi connectivity index (χ2n) is 5.80. The van der Waals surface area contributed by atoms with Crippen LogP contribution < -0.4 is 16.0 Å². The zero-order valence-corrected chi connectivity index (χ0v) is 13.8. The van der Waals surface area contributed by atoms with Crippen molar-refractivity contribution in [2.45, 2.75) is 0 Å². The number of nitrogens with zero attached hydrogens (tertiary/aromatic N) is 4. The molecule has 130 valence electrons. The molecule has 1 aromatic heterocycles. The molecule has 8 nitrogen and oxygen atoms in total. The van der Waals surface area contributed by atoms with E-state index in [1.165, 1.54) is 0 Å². The van der Waals surface area contributed by atoms with E-state index in [-0.39, 0.29) is 5.91 Å². The topological polar surface area (TPSA) is 104 Å². The van der Waals surface area contributed by atoms with Crippen molar-refractivity contribution in [2.75, 3.05) is 42.9 Å². The second-order valence-corrected chi connectivity index (χ2v) is 5.80. The molecular formula is C17H20N6O2. The van der Waals surface area contributed by atoms with Crippen molar-refractivity contribution in [2.24, 2.45) is 5.73 Å². The Morgan fingerprint density at radius 3 is 2.28 bits per heavy atom. The Labute approximate surface area is 145 Å². The molecule has 1 aliphatic heterocycles. The minimum Gasteiger partial charge on any atom is -0.366 e. The summed E-state index contributed by atoms with van der Waals surface area (Å²) in [5.74, 6) is 0.149. The van der Waals surface area contributed by atoms with Crippen molar-refractivity contribution in [1.82, 2.24) is 14.9 Å². The Hall–Kier alpha value is -3.00. The molecule has 1 aliphatic rings. The number of aromatic nitrogens is 2. The van der Waals surface area contributed by atoms with E-state index in [9.17, 15) is 9.59 Å². The Bertz CT molecular complexity index is 727. The number of carbonyl (C=O) groups is 2. The van der Waals surface area contributed by atoms with E-state index in [1.807, 2.05) is 0 Å². The number of piperazine rings is 1. The Balaban J connectivity index is 1.47. The molecule has 0 bridgehead atoms. The molecule has 25 heavy (non-hydrogen) atoms. The van der Waals surface area contributed by atoms with E-state index in [0.29, 0.717) is 17.8 Å². The maximum atomic E-state index is 12.2. The van der Waals surface area contributed by atoms with Crippen LogP contribution in [0.4, 0.5) is 11.6 Å². The number of hydrogen-bond donors (Lipinski definition) is 2. The summed E-state index contributed by atoms with van der Waals surface area (Å²) in [7, 11) is 0. The maximum absolute atomic E-state index is 12.2. The summed E-state index contributed by atoms with van der Waals surface area (Å²) < 4.78 is 0. The van der Waals surface area contributed by atoms with Gasteiger partial charge in [-0.1, -0.05) is 0 Å². The lowest BCUT2D eigenvalue weighted by Crippen LogP contribution is -2.49. The summed E-state index contributed by atoms with van der Waals surface area (Å²) in [6.07, 6.45) is 3.46. The zero-order chi connectivity index (χ0) is 17.6. The van der Waals surface area contributed by atoms with Gasteiger partial charge in [-0.3, -0.25) is 14.5 Å². The van der Waals surface area contributed by atoms with E-state index in [0.717, 1.165) is 32.1 Å². The molecule has 3 N–H and O–H groups in total. The van der Waals surface area contributed by atoms with Gasteiger partial charge in [0, 0.05) is 49.8 Å². The molecule has 0 saturated carbocycles. The number of amides is 2. The van der Waals surface area contributed by atoms with Crippen LogP contribution in [-0.4, -0.2) is 59.4 Å². The highest BCUT2D eigenvalue weighted by Crippen LogP contribution is 2.11. The Morgan fingerprint density at radius 1 is 1.04 bits per heavy atom. The van der Waals surface area contributed by atoms with Crippen molar-refractivity contribution >= 4 is 23.5 Å². The number of anilines is 2. The van der Waals surface area contributed by atoms with Crippen LogP contribution in [0.1, 0.15) is 10.4 Å². The lowest BCUT2D eigenvalue weighted by Gasteiger charge is -2.34. The molecule has 1 saturated heterocycles. The first-order chi connectivity index (χ1) is 12.1. The van der Waals surface area contributed by atoms with Gasteiger partial charge in [-0.2, -0.15) is 0 Å². The molecule has 0 spiro atoms. The fourth-order valence-corrected chi connectivity index (χ4v) is 2.68. The summed E-state index contributed by atoms with van der Waals surface area (Å²) in [5, 5.41) is 2.83. The number of primary amides is 1. The van der Waals surface area contributed by atoms with Gasteiger partial charge >= 0.3 is 0 Å². The molecule has 2 amide bonds.